The number of esters is 1. The number of cyclic esters (lactones) is 1. The molecule has 3 aliphatic carbocycles. The summed E-state index contributed by atoms with van der Waals surface area (Å²) < 4.78 is 5.86. The minimum Gasteiger partial charge on any atom is -0.465 e. The molecule has 0 spiro atoms. The number of fused-ring (bicyclic) bond motifs is 5. The second-order valence-electron chi connectivity index (χ2n) is 13.0. The third kappa shape index (κ3) is 4.14. The standard InChI is InChI=1S/C28H48O6/c1-6-7-15(2)24(31)25(32)16(3)18-8-9-19-17-14-34-26(33)21-12-22(29)23(30)13-28(21,5)20(17)10-11-27(18,19)4/h15-25,29-32H,6-14H2,1-5H3/t15-,16-,17-,18+,19-,20-,21+,22-,23+,24+,25+,27+,28+/m0/s1. The SMILES string of the molecule is CCC[C@H](C)[C@@H](O)[C@H](O)[C@@H](C)[C@H]1CC[C@H]2[C@@H]3COC(=O)[C@H]4C[C@H](O)[C@H](O)C[C@]4(C)[C@H]3CC[C@]12C. The minimum absolute atomic E-state index is 0.00386. The summed E-state index contributed by atoms with van der Waals surface area (Å²) >= 11 is 0. The molecule has 4 aliphatic rings. The molecule has 0 aromatic carbocycles. The smallest absolute Gasteiger partial charge is 0.309 e. The summed E-state index contributed by atoms with van der Waals surface area (Å²) in [6.07, 6.45) is 3.59. The fourth-order valence-electron chi connectivity index (χ4n) is 9.21. The maximum Gasteiger partial charge on any atom is 0.309 e. The van der Waals surface area contributed by atoms with Crippen LogP contribution in [0.2, 0.25) is 0 Å². The number of hydrogen-bond acceptors (Lipinski definition) is 6. The van der Waals surface area contributed by atoms with Gasteiger partial charge in [-0.1, -0.05) is 41.0 Å². The number of rotatable bonds is 6. The zero-order valence-electron chi connectivity index (χ0n) is 21.8. The Balaban J connectivity index is 1.56. The van der Waals surface area contributed by atoms with E-state index < -0.39 is 24.4 Å². The largest absolute Gasteiger partial charge is 0.465 e. The van der Waals surface area contributed by atoms with E-state index in [1.807, 2.05) is 6.92 Å². The van der Waals surface area contributed by atoms with E-state index in [1.54, 1.807) is 0 Å². The molecule has 0 unspecified atom stereocenters. The van der Waals surface area contributed by atoms with Crippen LogP contribution in [0.5, 0.6) is 0 Å². The van der Waals surface area contributed by atoms with E-state index in [2.05, 4.69) is 27.7 Å². The van der Waals surface area contributed by atoms with E-state index in [-0.39, 0.29) is 52.8 Å². The van der Waals surface area contributed by atoms with E-state index in [0.29, 0.717) is 24.9 Å². The van der Waals surface area contributed by atoms with Crippen LogP contribution in [0.1, 0.15) is 86.0 Å². The van der Waals surface area contributed by atoms with Gasteiger partial charge >= 0.3 is 5.97 Å². The van der Waals surface area contributed by atoms with Crippen molar-refractivity contribution in [3.63, 3.8) is 0 Å². The second-order valence-corrected chi connectivity index (χ2v) is 13.0. The Morgan fingerprint density at radius 1 is 1.00 bits per heavy atom. The highest BCUT2D eigenvalue weighted by molar-refractivity contribution is 5.74. The maximum atomic E-state index is 13.0. The lowest BCUT2D eigenvalue weighted by Crippen LogP contribution is -2.55. The van der Waals surface area contributed by atoms with Gasteiger partial charge in [-0.15, -0.1) is 0 Å². The van der Waals surface area contributed by atoms with E-state index in [0.717, 1.165) is 38.5 Å². The molecular weight excluding hydrogens is 432 g/mol. The van der Waals surface area contributed by atoms with Crippen molar-refractivity contribution in [2.75, 3.05) is 6.61 Å². The zero-order chi connectivity index (χ0) is 25.0. The van der Waals surface area contributed by atoms with Crippen molar-refractivity contribution in [2.45, 2.75) is 110 Å². The summed E-state index contributed by atoms with van der Waals surface area (Å²) in [5, 5.41) is 42.8. The predicted molar refractivity (Wildman–Crippen MR) is 130 cm³/mol. The average Bonchev–Trinajstić information content (AvgIpc) is 3.10. The molecular formula is C28H48O6. The average molecular weight is 481 g/mol. The van der Waals surface area contributed by atoms with Gasteiger partial charge in [0.2, 0.25) is 0 Å². The predicted octanol–water partition coefficient (Wildman–Crippen LogP) is 3.53. The molecule has 3 saturated carbocycles. The molecule has 4 N–H and O–H groups in total. The lowest BCUT2D eigenvalue weighted by Gasteiger charge is -2.56. The molecule has 13 atom stereocenters. The number of carbonyl (C=O) groups excluding carboxylic acids is 1. The third-order valence-corrected chi connectivity index (χ3v) is 11.3. The molecule has 1 heterocycles. The van der Waals surface area contributed by atoms with Crippen LogP contribution in [-0.2, 0) is 9.53 Å². The van der Waals surface area contributed by atoms with Gasteiger partial charge < -0.3 is 25.2 Å². The summed E-state index contributed by atoms with van der Waals surface area (Å²) in [6, 6.07) is 0. The van der Waals surface area contributed by atoms with Gasteiger partial charge in [-0.3, -0.25) is 4.79 Å². The van der Waals surface area contributed by atoms with Gasteiger partial charge in [0.1, 0.15) is 0 Å². The first-order chi connectivity index (χ1) is 16.0. The molecule has 0 radical (unpaired) electrons. The number of hydrogen-bond donors (Lipinski definition) is 4. The molecule has 6 nitrogen and oxygen atoms in total. The van der Waals surface area contributed by atoms with Crippen LogP contribution < -0.4 is 0 Å². The first kappa shape index (κ1) is 26.4. The van der Waals surface area contributed by atoms with Gasteiger partial charge in [-0.05, 0) is 91.3 Å². The van der Waals surface area contributed by atoms with Gasteiger partial charge in [-0.25, -0.2) is 0 Å². The van der Waals surface area contributed by atoms with Crippen LogP contribution in [-0.4, -0.2) is 57.4 Å². The molecule has 1 saturated heterocycles. The first-order valence-corrected chi connectivity index (χ1v) is 13.8. The topological polar surface area (TPSA) is 107 Å². The Kier molecular flexibility index (Phi) is 7.48. The number of aliphatic hydroxyl groups is 4. The fourth-order valence-corrected chi connectivity index (χ4v) is 9.21. The van der Waals surface area contributed by atoms with Crippen molar-refractivity contribution in [3.8, 4) is 0 Å². The highest BCUT2D eigenvalue weighted by Gasteiger charge is 2.63. The Hall–Kier alpha value is -0.690. The maximum absolute atomic E-state index is 13.0. The lowest BCUT2D eigenvalue weighted by atomic mass is 9.48. The molecule has 6 heteroatoms. The van der Waals surface area contributed by atoms with Crippen molar-refractivity contribution < 1.29 is 30.0 Å². The van der Waals surface area contributed by atoms with E-state index >= 15 is 0 Å². The van der Waals surface area contributed by atoms with Crippen molar-refractivity contribution in [1.82, 2.24) is 0 Å². The molecule has 1 aliphatic heterocycles. The lowest BCUT2D eigenvalue weighted by molar-refractivity contribution is -0.162. The van der Waals surface area contributed by atoms with E-state index in [9.17, 15) is 25.2 Å². The number of ether oxygens (including phenoxy) is 1. The monoisotopic (exact) mass is 480 g/mol. The van der Waals surface area contributed by atoms with Gasteiger partial charge in [0, 0.05) is 0 Å². The summed E-state index contributed by atoms with van der Waals surface area (Å²) in [4.78, 5) is 13.0. The van der Waals surface area contributed by atoms with Gasteiger partial charge in [0.25, 0.3) is 0 Å². The summed E-state index contributed by atoms with van der Waals surface area (Å²) in [5.41, 5.74) is -0.335. The van der Waals surface area contributed by atoms with Crippen molar-refractivity contribution >= 4 is 5.97 Å². The highest BCUT2D eigenvalue weighted by Crippen LogP contribution is 2.66. The summed E-state index contributed by atoms with van der Waals surface area (Å²) in [7, 11) is 0. The van der Waals surface area contributed by atoms with Crippen LogP contribution in [0, 0.1) is 52.3 Å². The van der Waals surface area contributed by atoms with Gasteiger partial charge in [0.05, 0.1) is 36.9 Å². The molecule has 34 heavy (non-hydrogen) atoms. The van der Waals surface area contributed by atoms with Gasteiger partial charge in [-0.2, -0.15) is 0 Å². The Bertz CT molecular complexity index is 742. The summed E-state index contributed by atoms with van der Waals surface area (Å²) in [5.74, 6) is 0.728. The van der Waals surface area contributed by atoms with Crippen LogP contribution in [0.15, 0.2) is 0 Å². The van der Waals surface area contributed by atoms with Crippen molar-refractivity contribution in [3.05, 3.63) is 0 Å². The quantitative estimate of drug-likeness (QED) is 0.433. The normalized spacial score (nSPS) is 47.9. The molecule has 0 amide bonds. The van der Waals surface area contributed by atoms with Crippen LogP contribution in [0.4, 0.5) is 0 Å². The molecule has 196 valence electrons. The Labute approximate surface area is 205 Å². The Morgan fingerprint density at radius 3 is 2.35 bits per heavy atom. The molecule has 0 aromatic heterocycles. The number of carbonyl (C=O) groups is 1. The third-order valence-electron chi connectivity index (χ3n) is 11.3. The molecule has 0 aromatic rings. The van der Waals surface area contributed by atoms with E-state index in [1.165, 1.54) is 0 Å². The highest BCUT2D eigenvalue weighted by atomic mass is 16.5. The van der Waals surface area contributed by atoms with Crippen LogP contribution in [0.25, 0.3) is 0 Å². The summed E-state index contributed by atoms with van der Waals surface area (Å²) in [6.45, 7) is 11.2. The second kappa shape index (κ2) is 9.64. The van der Waals surface area contributed by atoms with Gasteiger partial charge in [0.15, 0.2) is 0 Å². The fraction of sp³-hybridized carbons (Fsp3) is 0.964. The van der Waals surface area contributed by atoms with Crippen molar-refractivity contribution in [1.29, 1.82) is 0 Å². The van der Waals surface area contributed by atoms with E-state index in [4.69, 9.17) is 4.74 Å². The molecule has 4 rings (SSSR count). The van der Waals surface area contributed by atoms with Crippen LogP contribution in [0.3, 0.4) is 0 Å². The molecule has 4 fully saturated rings. The number of aliphatic hydroxyl groups excluding tert-OH is 4. The molecule has 0 bridgehead atoms. The Morgan fingerprint density at radius 2 is 1.68 bits per heavy atom. The van der Waals surface area contributed by atoms with Crippen molar-refractivity contribution in [2.24, 2.45) is 52.3 Å². The first-order valence-electron chi connectivity index (χ1n) is 13.8. The van der Waals surface area contributed by atoms with Crippen LogP contribution >= 0.6 is 0 Å². The minimum atomic E-state index is -0.865. The zero-order valence-corrected chi connectivity index (χ0v) is 21.8.